The van der Waals surface area contributed by atoms with Crippen LogP contribution >= 0.6 is 0 Å². The van der Waals surface area contributed by atoms with Crippen LogP contribution < -0.4 is 10.1 Å². The molecule has 0 aliphatic carbocycles. The van der Waals surface area contributed by atoms with E-state index in [9.17, 15) is 5.11 Å². The molecule has 6 nitrogen and oxygen atoms in total. The third-order valence-electron chi connectivity index (χ3n) is 5.01. The van der Waals surface area contributed by atoms with E-state index in [0.29, 0.717) is 13.2 Å². The predicted molar refractivity (Wildman–Crippen MR) is 110 cm³/mol. The van der Waals surface area contributed by atoms with E-state index in [1.54, 1.807) is 18.6 Å². The van der Waals surface area contributed by atoms with Gasteiger partial charge in [-0.3, -0.25) is 9.97 Å². The number of benzene rings is 1. The summed E-state index contributed by atoms with van der Waals surface area (Å²) in [7, 11) is 0. The van der Waals surface area contributed by atoms with Gasteiger partial charge in [-0.25, -0.2) is 0 Å². The Morgan fingerprint density at radius 2 is 2.00 bits per heavy atom. The summed E-state index contributed by atoms with van der Waals surface area (Å²) in [5, 5.41) is 13.7. The van der Waals surface area contributed by atoms with Crippen molar-refractivity contribution < 1.29 is 9.84 Å². The van der Waals surface area contributed by atoms with Gasteiger partial charge >= 0.3 is 0 Å². The number of likely N-dealkylation sites (tertiary alicyclic amines) is 1. The van der Waals surface area contributed by atoms with Crippen LogP contribution in [0.1, 0.15) is 36.9 Å². The van der Waals surface area contributed by atoms with Crippen LogP contribution in [0.25, 0.3) is 0 Å². The first-order valence-electron chi connectivity index (χ1n) is 10.4. The van der Waals surface area contributed by atoms with Gasteiger partial charge < -0.3 is 20.1 Å². The number of aliphatic hydroxyl groups is 1. The van der Waals surface area contributed by atoms with E-state index in [4.69, 9.17) is 4.74 Å². The number of ether oxygens (including phenoxy) is 1. The molecule has 1 saturated heterocycles. The first-order valence-corrected chi connectivity index (χ1v) is 10.4. The van der Waals surface area contributed by atoms with E-state index in [0.717, 1.165) is 44.0 Å². The Labute approximate surface area is 168 Å². The molecule has 152 valence electrons. The number of nitrogens with one attached hydrogen (secondary N) is 1. The van der Waals surface area contributed by atoms with Crippen molar-refractivity contribution in [2.45, 2.75) is 44.8 Å². The Morgan fingerprint density at radius 3 is 2.79 bits per heavy atom. The fourth-order valence-electron chi connectivity index (χ4n) is 3.52. The fourth-order valence-corrected chi connectivity index (χ4v) is 3.52. The Hall–Kier alpha value is -2.02. The molecule has 1 aromatic heterocycles. The Kier molecular flexibility index (Phi) is 8.68. The van der Waals surface area contributed by atoms with Crippen LogP contribution in [0.3, 0.4) is 0 Å². The lowest BCUT2D eigenvalue weighted by atomic mass is 10.2. The Morgan fingerprint density at radius 1 is 1.14 bits per heavy atom. The largest absolute Gasteiger partial charge is 0.491 e. The zero-order valence-corrected chi connectivity index (χ0v) is 16.6. The van der Waals surface area contributed by atoms with Crippen LogP contribution in [0, 0.1) is 0 Å². The summed E-state index contributed by atoms with van der Waals surface area (Å²) >= 11 is 0. The van der Waals surface area contributed by atoms with E-state index in [2.05, 4.69) is 26.3 Å². The summed E-state index contributed by atoms with van der Waals surface area (Å²) in [6.07, 6.45) is 10.7. The average Bonchev–Trinajstić information content (AvgIpc) is 2.99. The smallest absolute Gasteiger partial charge is 0.119 e. The lowest BCUT2D eigenvalue weighted by Crippen LogP contribution is -2.36. The number of hydrogen-bond donors (Lipinski definition) is 2. The molecule has 28 heavy (non-hydrogen) atoms. The molecule has 0 unspecified atom stereocenters. The second kappa shape index (κ2) is 11.7. The summed E-state index contributed by atoms with van der Waals surface area (Å²) < 4.78 is 5.83. The molecular formula is C22H32N4O2. The SMILES string of the molecule is O[C@H](COc1cccc(CNCCc2cnccn2)c1)CN1CCCCCC1. The van der Waals surface area contributed by atoms with Crippen LogP contribution in [0.15, 0.2) is 42.9 Å². The van der Waals surface area contributed by atoms with Crippen molar-refractivity contribution in [3.63, 3.8) is 0 Å². The lowest BCUT2D eigenvalue weighted by molar-refractivity contribution is 0.0693. The van der Waals surface area contributed by atoms with Crippen molar-refractivity contribution in [3.05, 3.63) is 54.1 Å². The van der Waals surface area contributed by atoms with Gasteiger partial charge in [-0.15, -0.1) is 0 Å². The van der Waals surface area contributed by atoms with Gasteiger partial charge in [-0.1, -0.05) is 25.0 Å². The maximum absolute atomic E-state index is 10.3. The van der Waals surface area contributed by atoms with Crippen molar-refractivity contribution in [2.75, 3.05) is 32.8 Å². The van der Waals surface area contributed by atoms with E-state index in [1.807, 2.05) is 18.2 Å². The highest BCUT2D eigenvalue weighted by Gasteiger charge is 2.14. The topological polar surface area (TPSA) is 70.5 Å². The zero-order chi connectivity index (χ0) is 19.4. The third kappa shape index (κ3) is 7.54. The highest BCUT2D eigenvalue weighted by atomic mass is 16.5. The maximum Gasteiger partial charge on any atom is 0.119 e. The first kappa shape index (κ1) is 20.7. The van der Waals surface area contributed by atoms with Gasteiger partial charge in [0.25, 0.3) is 0 Å². The molecule has 1 aliphatic rings. The Balaban J connectivity index is 1.36. The molecule has 1 aliphatic heterocycles. The molecule has 2 N–H and O–H groups in total. The van der Waals surface area contributed by atoms with Crippen molar-refractivity contribution in [3.8, 4) is 5.75 Å². The predicted octanol–water partition coefficient (Wildman–Crippen LogP) is 2.42. The van der Waals surface area contributed by atoms with Gasteiger partial charge in [0.1, 0.15) is 18.5 Å². The van der Waals surface area contributed by atoms with E-state index in [-0.39, 0.29) is 0 Å². The third-order valence-corrected chi connectivity index (χ3v) is 5.01. The summed E-state index contributed by atoms with van der Waals surface area (Å²) in [4.78, 5) is 10.7. The molecule has 6 heteroatoms. The summed E-state index contributed by atoms with van der Waals surface area (Å²) in [6, 6.07) is 8.06. The molecule has 0 saturated carbocycles. The van der Waals surface area contributed by atoms with Crippen LogP contribution in [-0.4, -0.2) is 58.9 Å². The van der Waals surface area contributed by atoms with E-state index >= 15 is 0 Å². The minimum Gasteiger partial charge on any atom is -0.491 e. The minimum absolute atomic E-state index is 0.333. The number of aromatic nitrogens is 2. The van der Waals surface area contributed by atoms with Crippen molar-refractivity contribution in [2.24, 2.45) is 0 Å². The minimum atomic E-state index is -0.452. The van der Waals surface area contributed by atoms with Crippen LogP contribution in [-0.2, 0) is 13.0 Å². The molecule has 3 rings (SSSR count). The maximum atomic E-state index is 10.3. The monoisotopic (exact) mass is 384 g/mol. The van der Waals surface area contributed by atoms with Gasteiger partial charge in [0.05, 0.1) is 5.69 Å². The van der Waals surface area contributed by atoms with E-state index in [1.165, 1.54) is 31.2 Å². The van der Waals surface area contributed by atoms with Gasteiger partial charge in [0, 0.05) is 44.6 Å². The van der Waals surface area contributed by atoms with Crippen molar-refractivity contribution in [1.82, 2.24) is 20.2 Å². The number of β-amino-alcohol motifs (C(OH)–C–C–N with tert-alkyl or cyclic N) is 1. The number of rotatable bonds is 10. The molecule has 1 fully saturated rings. The first-order chi connectivity index (χ1) is 13.8. The van der Waals surface area contributed by atoms with Crippen molar-refractivity contribution in [1.29, 1.82) is 0 Å². The summed E-state index contributed by atoms with van der Waals surface area (Å²) in [5.41, 5.74) is 2.16. The molecule has 0 radical (unpaired) electrons. The molecule has 2 heterocycles. The standard InChI is InChI=1S/C22H32N4O2/c27-21(17-26-12-3-1-2-4-13-26)18-28-22-7-5-6-19(14-22)15-23-9-8-20-16-24-10-11-25-20/h5-7,10-11,14,16,21,23,27H,1-4,8-9,12-13,15,17-18H2/t21-/m0/s1. The number of aliphatic hydroxyl groups excluding tert-OH is 1. The number of hydrogen-bond acceptors (Lipinski definition) is 6. The fraction of sp³-hybridized carbons (Fsp3) is 0.545. The quantitative estimate of drug-likeness (QED) is 0.613. The molecule has 2 aromatic rings. The molecule has 1 atom stereocenters. The molecule has 1 aromatic carbocycles. The van der Waals surface area contributed by atoms with Crippen molar-refractivity contribution >= 4 is 0 Å². The normalized spacial score (nSPS) is 16.5. The zero-order valence-electron chi connectivity index (χ0n) is 16.6. The average molecular weight is 385 g/mol. The van der Waals surface area contributed by atoms with Gasteiger partial charge in [0.15, 0.2) is 0 Å². The molecular weight excluding hydrogens is 352 g/mol. The molecule has 0 bridgehead atoms. The van der Waals surface area contributed by atoms with Crippen LogP contribution in [0.4, 0.5) is 0 Å². The number of nitrogens with zero attached hydrogens (tertiary/aromatic N) is 3. The highest BCUT2D eigenvalue weighted by molar-refractivity contribution is 5.28. The lowest BCUT2D eigenvalue weighted by Gasteiger charge is -2.23. The highest BCUT2D eigenvalue weighted by Crippen LogP contribution is 2.14. The van der Waals surface area contributed by atoms with Gasteiger partial charge in [-0.05, 0) is 43.6 Å². The van der Waals surface area contributed by atoms with Gasteiger partial charge in [-0.2, -0.15) is 0 Å². The second-order valence-electron chi connectivity index (χ2n) is 7.45. The molecule has 0 amide bonds. The molecule has 0 spiro atoms. The van der Waals surface area contributed by atoms with Crippen LogP contribution in [0.2, 0.25) is 0 Å². The summed E-state index contributed by atoms with van der Waals surface area (Å²) in [6.45, 7) is 4.83. The second-order valence-corrected chi connectivity index (χ2v) is 7.45. The van der Waals surface area contributed by atoms with E-state index < -0.39 is 6.10 Å². The Bertz CT molecular complexity index is 675. The summed E-state index contributed by atoms with van der Waals surface area (Å²) in [5.74, 6) is 0.808. The van der Waals surface area contributed by atoms with Crippen LogP contribution in [0.5, 0.6) is 5.75 Å². The van der Waals surface area contributed by atoms with Gasteiger partial charge in [0.2, 0.25) is 0 Å².